The highest BCUT2D eigenvalue weighted by Crippen LogP contribution is 2.26. The zero-order valence-corrected chi connectivity index (χ0v) is 11.4. The zero-order valence-electron chi connectivity index (χ0n) is 11.4. The van der Waals surface area contributed by atoms with Crippen LogP contribution in [0.3, 0.4) is 0 Å². The molecule has 1 aromatic carbocycles. The van der Waals surface area contributed by atoms with Gasteiger partial charge in [0.15, 0.2) is 0 Å². The number of carbonyl (C=O) groups excluding carboxylic acids is 1. The van der Waals surface area contributed by atoms with Crippen LogP contribution in [0.4, 0.5) is 0 Å². The number of esters is 1. The van der Waals surface area contributed by atoms with Crippen molar-refractivity contribution >= 4 is 11.9 Å². The van der Waals surface area contributed by atoms with E-state index in [0.717, 1.165) is 0 Å². The maximum absolute atomic E-state index is 11.1. The van der Waals surface area contributed by atoms with Crippen molar-refractivity contribution in [2.45, 2.75) is 26.2 Å². The summed E-state index contributed by atoms with van der Waals surface area (Å²) in [5, 5.41) is 18.2. The lowest BCUT2D eigenvalue weighted by atomic mass is 10.0. The van der Waals surface area contributed by atoms with Crippen LogP contribution < -0.4 is 4.74 Å². The molecule has 0 fully saturated rings. The molecular weight excluding hydrogens is 282 g/mol. The Morgan fingerprint density at radius 3 is 2.62 bits per heavy atom. The lowest BCUT2D eigenvalue weighted by Gasteiger charge is -2.11. The van der Waals surface area contributed by atoms with Crippen LogP contribution in [0.2, 0.25) is 0 Å². The Morgan fingerprint density at radius 1 is 1.33 bits per heavy atom. The van der Waals surface area contributed by atoms with Crippen molar-refractivity contribution in [2.75, 3.05) is 6.61 Å². The minimum absolute atomic E-state index is 0.0210. The molecule has 0 aliphatic heterocycles. The summed E-state index contributed by atoms with van der Waals surface area (Å²) < 4.78 is 4.97. The predicted molar refractivity (Wildman–Crippen MR) is 70.6 cm³/mol. The number of unbranched alkanes of at least 4 members (excludes halogenated alkanes) is 1. The summed E-state index contributed by atoms with van der Waals surface area (Å²) >= 11 is 0. The monoisotopic (exact) mass is 297 g/mol. The molecule has 0 unspecified atom stereocenters. The fourth-order valence-corrected chi connectivity index (χ4v) is 1.77. The fourth-order valence-electron chi connectivity index (χ4n) is 1.77. The number of aromatic carboxylic acids is 1. The number of carboxylic acid groups (broad SMARTS) is 1. The summed E-state index contributed by atoms with van der Waals surface area (Å²) in [4.78, 5) is 36.4. The second-order valence-electron chi connectivity index (χ2n) is 4.21. The molecule has 0 aromatic heterocycles. The largest absolute Gasteiger partial charge is 0.478 e. The summed E-state index contributed by atoms with van der Waals surface area (Å²) in [6.07, 6.45) is 1.38. The van der Waals surface area contributed by atoms with Crippen LogP contribution in [0, 0.1) is 10.1 Å². The van der Waals surface area contributed by atoms with E-state index in [1.165, 1.54) is 13.0 Å². The van der Waals surface area contributed by atoms with E-state index < -0.39 is 17.0 Å². The number of nitrogens with zero attached hydrogens (tertiary/aromatic N) is 1. The normalized spacial score (nSPS) is 9.95. The molecular formula is C13H15NO7. The standard InChI is InChI=1S/C13H15NO7/c1-9(15)21-12-10(5-2-3-8-20-14(18)19)6-4-7-11(12)13(16)17/h4,6-7H,2-3,5,8H2,1H3,(H,16,17). The van der Waals surface area contributed by atoms with Crippen LogP contribution in [-0.4, -0.2) is 28.7 Å². The molecule has 0 atom stereocenters. The van der Waals surface area contributed by atoms with E-state index in [1.54, 1.807) is 12.1 Å². The SMILES string of the molecule is CC(=O)Oc1c(CCCCO[N+](=O)[O-])cccc1C(=O)O. The Balaban J connectivity index is 2.76. The smallest absolute Gasteiger partial charge is 0.339 e. The van der Waals surface area contributed by atoms with Gasteiger partial charge in [-0.2, -0.15) is 0 Å². The number of para-hydroxylation sites is 1. The molecule has 0 amide bonds. The molecule has 8 heteroatoms. The van der Waals surface area contributed by atoms with Crippen LogP contribution >= 0.6 is 0 Å². The molecule has 0 saturated carbocycles. The molecule has 0 aliphatic carbocycles. The van der Waals surface area contributed by atoms with Crippen molar-refractivity contribution in [1.29, 1.82) is 0 Å². The summed E-state index contributed by atoms with van der Waals surface area (Å²) in [5.74, 6) is -1.78. The zero-order chi connectivity index (χ0) is 15.8. The number of ether oxygens (including phenoxy) is 1. The Bertz CT molecular complexity index is 541. The molecule has 8 nitrogen and oxygen atoms in total. The Hall–Kier alpha value is -2.64. The second kappa shape index (κ2) is 7.83. The molecule has 21 heavy (non-hydrogen) atoms. The number of benzene rings is 1. The molecule has 1 aromatic rings. The van der Waals surface area contributed by atoms with Crippen LogP contribution in [0.1, 0.15) is 35.7 Å². The number of aryl methyl sites for hydroxylation is 1. The van der Waals surface area contributed by atoms with Crippen molar-refractivity contribution in [3.63, 3.8) is 0 Å². The van der Waals surface area contributed by atoms with Gasteiger partial charge in [-0.25, -0.2) is 4.79 Å². The Kier molecular flexibility index (Phi) is 6.12. The van der Waals surface area contributed by atoms with Crippen molar-refractivity contribution < 1.29 is 29.4 Å². The first kappa shape index (κ1) is 16.4. The molecule has 0 bridgehead atoms. The van der Waals surface area contributed by atoms with Gasteiger partial charge in [0.1, 0.15) is 11.3 Å². The molecule has 1 rings (SSSR count). The highest BCUT2D eigenvalue weighted by molar-refractivity contribution is 5.92. The van der Waals surface area contributed by atoms with Crippen molar-refractivity contribution in [3.8, 4) is 5.75 Å². The maximum Gasteiger partial charge on any atom is 0.339 e. The average Bonchev–Trinajstić information content (AvgIpc) is 2.38. The quantitative estimate of drug-likeness (QED) is 0.256. The lowest BCUT2D eigenvalue weighted by Crippen LogP contribution is -2.10. The van der Waals surface area contributed by atoms with Gasteiger partial charge in [0.25, 0.3) is 5.09 Å². The first-order valence-corrected chi connectivity index (χ1v) is 6.22. The first-order chi connectivity index (χ1) is 9.91. The van der Waals surface area contributed by atoms with Gasteiger partial charge in [-0.05, 0) is 30.9 Å². The van der Waals surface area contributed by atoms with Gasteiger partial charge < -0.3 is 14.7 Å². The van der Waals surface area contributed by atoms with Gasteiger partial charge in [0, 0.05) is 6.92 Å². The number of rotatable bonds is 8. The molecule has 0 radical (unpaired) electrons. The lowest BCUT2D eigenvalue weighted by molar-refractivity contribution is -0.757. The van der Waals surface area contributed by atoms with E-state index in [4.69, 9.17) is 9.84 Å². The minimum Gasteiger partial charge on any atom is -0.478 e. The van der Waals surface area contributed by atoms with Crippen LogP contribution in [-0.2, 0) is 16.1 Å². The van der Waals surface area contributed by atoms with E-state index in [2.05, 4.69) is 4.84 Å². The first-order valence-electron chi connectivity index (χ1n) is 6.22. The van der Waals surface area contributed by atoms with Gasteiger partial charge in [-0.1, -0.05) is 12.1 Å². The summed E-state index contributed by atoms with van der Waals surface area (Å²) in [6.45, 7) is 1.15. The molecule has 114 valence electrons. The van der Waals surface area contributed by atoms with Crippen LogP contribution in [0.25, 0.3) is 0 Å². The van der Waals surface area contributed by atoms with E-state index in [0.29, 0.717) is 24.8 Å². The summed E-state index contributed by atoms with van der Waals surface area (Å²) in [7, 11) is 0. The van der Waals surface area contributed by atoms with Gasteiger partial charge in [0.2, 0.25) is 0 Å². The van der Waals surface area contributed by atoms with E-state index in [9.17, 15) is 19.7 Å². The van der Waals surface area contributed by atoms with Gasteiger partial charge in [-0.3, -0.25) is 4.79 Å². The third-order valence-electron chi connectivity index (χ3n) is 2.61. The molecule has 0 aliphatic rings. The third kappa shape index (κ3) is 5.47. The topological polar surface area (TPSA) is 116 Å². The second-order valence-corrected chi connectivity index (χ2v) is 4.21. The maximum atomic E-state index is 11.1. The van der Waals surface area contributed by atoms with E-state index in [1.807, 2.05) is 0 Å². The molecule has 1 N–H and O–H groups in total. The number of carbonyl (C=O) groups is 2. The predicted octanol–water partition coefficient (Wildman–Crippen LogP) is 1.84. The van der Waals surface area contributed by atoms with Crippen LogP contribution in [0.15, 0.2) is 18.2 Å². The number of carboxylic acids is 1. The molecule has 0 spiro atoms. The highest BCUT2D eigenvalue weighted by Gasteiger charge is 2.16. The average molecular weight is 297 g/mol. The van der Waals surface area contributed by atoms with Crippen molar-refractivity contribution in [3.05, 3.63) is 39.4 Å². The summed E-state index contributed by atoms with van der Waals surface area (Å²) in [6, 6.07) is 4.55. The van der Waals surface area contributed by atoms with E-state index in [-0.39, 0.29) is 17.9 Å². The van der Waals surface area contributed by atoms with Crippen molar-refractivity contribution in [1.82, 2.24) is 0 Å². The minimum atomic E-state index is -1.19. The number of hydrogen-bond donors (Lipinski definition) is 1. The van der Waals surface area contributed by atoms with Crippen LogP contribution in [0.5, 0.6) is 5.75 Å². The van der Waals surface area contributed by atoms with Gasteiger partial charge >= 0.3 is 11.9 Å². The van der Waals surface area contributed by atoms with Gasteiger partial charge in [0.05, 0.1) is 6.61 Å². The molecule has 0 heterocycles. The number of hydrogen-bond acceptors (Lipinski definition) is 6. The molecule has 0 saturated heterocycles. The van der Waals surface area contributed by atoms with Crippen molar-refractivity contribution in [2.24, 2.45) is 0 Å². The highest BCUT2D eigenvalue weighted by atomic mass is 16.9. The Labute approximate surface area is 120 Å². The van der Waals surface area contributed by atoms with Gasteiger partial charge in [-0.15, -0.1) is 10.1 Å². The summed E-state index contributed by atoms with van der Waals surface area (Å²) in [5.41, 5.74) is 0.468. The third-order valence-corrected chi connectivity index (χ3v) is 2.61. The fraction of sp³-hybridized carbons (Fsp3) is 0.385. The van der Waals surface area contributed by atoms with E-state index >= 15 is 0 Å². The Morgan fingerprint density at radius 2 is 2.05 bits per heavy atom.